The van der Waals surface area contributed by atoms with Gasteiger partial charge in [-0.15, -0.1) is 0 Å². The monoisotopic (exact) mass is 212 g/mol. The summed E-state index contributed by atoms with van der Waals surface area (Å²) in [5.41, 5.74) is 0. The summed E-state index contributed by atoms with van der Waals surface area (Å²) >= 11 is -1.85. The second kappa shape index (κ2) is 4.01. The second-order valence-electron chi connectivity index (χ2n) is 2.44. The molecule has 0 amide bonds. The van der Waals surface area contributed by atoms with Crippen LogP contribution in [-0.4, -0.2) is 13.7 Å². The predicted octanol–water partition coefficient (Wildman–Crippen LogP) is 0.426. The molecule has 0 unspecified atom stereocenters. The van der Waals surface area contributed by atoms with Gasteiger partial charge in [-0.05, 0) is 24.3 Å². The number of nitrogens with zero attached hydrogens (tertiary/aromatic N) is 2. The summed E-state index contributed by atoms with van der Waals surface area (Å²) in [6, 6.07) is 7.03. The van der Waals surface area contributed by atoms with Crippen molar-refractivity contribution >= 4 is 11.4 Å². The molecule has 0 aliphatic rings. The highest BCUT2D eigenvalue weighted by Crippen LogP contribution is 1.90. The minimum absolute atomic E-state index is 1.31. The van der Waals surface area contributed by atoms with Gasteiger partial charge >= 0.3 is 11.4 Å². The van der Waals surface area contributed by atoms with E-state index in [2.05, 4.69) is 0 Å². The molecule has 0 atom stereocenters. The van der Waals surface area contributed by atoms with Crippen molar-refractivity contribution in [3.63, 3.8) is 0 Å². The van der Waals surface area contributed by atoms with Crippen molar-refractivity contribution in [1.82, 2.24) is 9.46 Å². The minimum Gasteiger partial charge on any atom is -0.275 e. The van der Waals surface area contributed by atoms with Crippen LogP contribution in [-0.2, 0) is 11.4 Å². The normalized spacial score (nSPS) is 10.4. The van der Waals surface area contributed by atoms with Crippen molar-refractivity contribution in [2.24, 2.45) is 0 Å². The summed E-state index contributed by atoms with van der Waals surface area (Å²) < 4.78 is 23.6. The Balaban J connectivity index is 1.91. The third kappa shape index (κ3) is 2.17. The third-order valence-corrected chi connectivity index (χ3v) is 2.04. The molecule has 6 heteroatoms. The van der Waals surface area contributed by atoms with Crippen molar-refractivity contribution in [3.8, 4) is 0 Å². The average Bonchev–Trinajstić information content (AvgIpc) is 2.76. The van der Waals surface area contributed by atoms with E-state index in [0.717, 1.165) is 0 Å². The number of aromatic nitrogens is 2. The zero-order valence-electron chi connectivity index (χ0n) is 7.15. The quantitative estimate of drug-likeness (QED) is 0.738. The average molecular weight is 212 g/mol. The van der Waals surface area contributed by atoms with Crippen LogP contribution in [0.4, 0.5) is 0 Å². The Labute approximate surface area is 83.3 Å². The van der Waals surface area contributed by atoms with Crippen LogP contribution >= 0.6 is 0 Å². The minimum atomic E-state index is -1.85. The lowest BCUT2D eigenvalue weighted by atomic mass is 10.7. The van der Waals surface area contributed by atoms with Crippen molar-refractivity contribution < 1.29 is 12.8 Å². The summed E-state index contributed by atoms with van der Waals surface area (Å²) in [7, 11) is 0. The lowest BCUT2D eigenvalue weighted by Crippen LogP contribution is -2.22. The number of hydrogen-bond acceptors (Lipinski definition) is 3. The molecule has 74 valence electrons. The summed E-state index contributed by atoms with van der Waals surface area (Å²) in [6.07, 6.45) is 6.49. The highest BCUT2D eigenvalue weighted by atomic mass is 32.2. The van der Waals surface area contributed by atoms with Gasteiger partial charge in [-0.1, -0.05) is 0 Å². The molecule has 14 heavy (non-hydrogen) atoms. The molecule has 0 saturated carbocycles. The van der Waals surface area contributed by atoms with E-state index in [1.165, 1.54) is 9.46 Å². The Morgan fingerprint density at radius 1 is 0.786 bits per heavy atom. The van der Waals surface area contributed by atoms with E-state index in [4.69, 9.17) is 8.57 Å². The third-order valence-electron chi connectivity index (χ3n) is 1.45. The maximum Gasteiger partial charge on any atom is 0.457 e. The second-order valence-corrected chi connectivity index (χ2v) is 3.15. The van der Waals surface area contributed by atoms with E-state index in [1.54, 1.807) is 49.1 Å². The van der Waals surface area contributed by atoms with Gasteiger partial charge in [0.1, 0.15) is 0 Å². The zero-order chi connectivity index (χ0) is 9.80. The van der Waals surface area contributed by atoms with Crippen LogP contribution in [0.2, 0.25) is 0 Å². The fourth-order valence-corrected chi connectivity index (χ4v) is 1.40. The van der Waals surface area contributed by atoms with Gasteiger partial charge in [0.15, 0.2) is 0 Å². The molecule has 2 heterocycles. The SMILES string of the molecule is O=S(On1cccc1)On1cccc1. The first-order chi connectivity index (χ1) is 6.84. The van der Waals surface area contributed by atoms with Crippen LogP contribution < -0.4 is 8.57 Å². The Morgan fingerprint density at radius 2 is 1.14 bits per heavy atom. The Hall–Kier alpha value is -1.69. The summed E-state index contributed by atoms with van der Waals surface area (Å²) in [5, 5.41) is 0. The Kier molecular flexibility index (Phi) is 2.55. The fourth-order valence-electron chi connectivity index (χ4n) is 0.891. The van der Waals surface area contributed by atoms with Gasteiger partial charge in [0.2, 0.25) is 0 Å². The Bertz CT molecular complexity index is 358. The summed E-state index contributed by atoms with van der Waals surface area (Å²) in [5.74, 6) is 0. The van der Waals surface area contributed by atoms with Crippen molar-refractivity contribution in [3.05, 3.63) is 49.1 Å². The molecule has 0 bridgehead atoms. The molecule has 2 aromatic rings. The van der Waals surface area contributed by atoms with Gasteiger partial charge in [-0.3, -0.25) is 8.57 Å². The molecule has 5 nitrogen and oxygen atoms in total. The van der Waals surface area contributed by atoms with Crippen LogP contribution in [0.1, 0.15) is 0 Å². The van der Waals surface area contributed by atoms with Crippen LogP contribution in [0.5, 0.6) is 0 Å². The van der Waals surface area contributed by atoms with E-state index in [0.29, 0.717) is 0 Å². The van der Waals surface area contributed by atoms with Crippen LogP contribution in [0.25, 0.3) is 0 Å². The largest absolute Gasteiger partial charge is 0.457 e. The molecule has 0 N–H and O–H groups in total. The van der Waals surface area contributed by atoms with E-state index in [-0.39, 0.29) is 0 Å². The van der Waals surface area contributed by atoms with Crippen molar-refractivity contribution in [2.75, 3.05) is 0 Å². The van der Waals surface area contributed by atoms with E-state index < -0.39 is 11.4 Å². The number of rotatable bonds is 4. The van der Waals surface area contributed by atoms with Gasteiger partial charge in [0.05, 0.1) is 0 Å². The lowest BCUT2D eigenvalue weighted by molar-refractivity contribution is 0.214. The predicted molar refractivity (Wildman–Crippen MR) is 50.2 cm³/mol. The van der Waals surface area contributed by atoms with Crippen LogP contribution in [0.15, 0.2) is 49.1 Å². The van der Waals surface area contributed by atoms with Crippen LogP contribution in [0.3, 0.4) is 0 Å². The molecule has 0 radical (unpaired) electrons. The van der Waals surface area contributed by atoms with Gasteiger partial charge in [0.25, 0.3) is 0 Å². The van der Waals surface area contributed by atoms with Gasteiger partial charge in [-0.2, -0.15) is 13.7 Å². The molecular formula is C8H8N2O3S. The van der Waals surface area contributed by atoms with Crippen molar-refractivity contribution in [1.29, 1.82) is 0 Å². The van der Waals surface area contributed by atoms with E-state index in [1.807, 2.05) is 0 Å². The molecule has 0 saturated heterocycles. The highest BCUT2D eigenvalue weighted by molar-refractivity contribution is 7.75. The first-order valence-corrected chi connectivity index (χ1v) is 4.90. The standard InChI is InChI=1S/C8H8N2O3S/c11-14(12-9-5-1-2-6-9)13-10-7-3-4-8-10/h1-8H. The topological polar surface area (TPSA) is 45.4 Å². The summed E-state index contributed by atoms with van der Waals surface area (Å²) in [4.78, 5) is 0. The molecule has 0 fully saturated rings. The summed E-state index contributed by atoms with van der Waals surface area (Å²) in [6.45, 7) is 0. The molecule has 0 aliphatic carbocycles. The first kappa shape index (κ1) is 8.89. The molecule has 2 aromatic heterocycles. The molecule has 0 spiro atoms. The highest BCUT2D eigenvalue weighted by Gasteiger charge is 2.02. The van der Waals surface area contributed by atoms with Gasteiger partial charge in [-0.25, -0.2) is 0 Å². The molecule has 0 aromatic carbocycles. The van der Waals surface area contributed by atoms with Crippen molar-refractivity contribution in [2.45, 2.75) is 0 Å². The number of hydrogen-bond donors (Lipinski definition) is 0. The van der Waals surface area contributed by atoms with E-state index in [9.17, 15) is 4.21 Å². The van der Waals surface area contributed by atoms with Gasteiger partial charge < -0.3 is 0 Å². The van der Waals surface area contributed by atoms with E-state index >= 15 is 0 Å². The zero-order valence-corrected chi connectivity index (χ0v) is 7.96. The fraction of sp³-hybridized carbons (Fsp3) is 0. The Morgan fingerprint density at radius 3 is 1.50 bits per heavy atom. The van der Waals surface area contributed by atoms with Gasteiger partial charge in [0, 0.05) is 24.8 Å². The molecular weight excluding hydrogens is 204 g/mol. The molecule has 0 aliphatic heterocycles. The lowest BCUT2D eigenvalue weighted by Gasteiger charge is -2.04. The molecule has 2 rings (SSSR count). The maximum atomic E-state index is 11.2. The smallest absolute Gasteiger partial charge is 0.275 e. The van der Waals surface area contributed by atoms with Crippen LogP contribution in [0, 0.1) is 0 Å². The first-order valence-electron chi connectivity index (χ1n) is 3.90. The maximum absolute atomic E-state index is 11.2.